The summed E-state index contributed by atoms with van der Waals surface area (Å²) < 4.78 is 1.18. The number of halogens is 1. The number of rotatable bonds is 2. The van der Waals surface area contributed by atoms with Gasteiger partial charge in [0, 0.05) is 40.9 Å². The van der Waals surface area contributed by atoms with Crippen LogP contribution in [-0.2, 0) is 6.42 Å². The Kier molecular flexibility index (Phi) is 3.85. The lowest BCUT2D eigenvalue weighted by molar-refractivity contribution is 0.104. The predicted molar refractivity (Wildman–Crippen MR) is 95.9 cm³/mol. The number of Topliss-reactive ketones (excluding diaryl/α,β-unsaturated/α-hetero) is 1. The van der Waals surface area contributed by atoms with E-state index in [9.17, 15) is 4.79 Å². The molecule has 0 amide bonds. The Balaban J connectivity index is 1.90. The summed E-state index contributed by atoms with van der Waals surface area (Å²) in [4.78, 5) is 14.5. The second-order valence-corrected chi connectivity index (χ2v) is 6.71. The van der Waals surface area contributed by atoms with E-state index in [1.54, 1.807) is 0 Å². The van der Waals surface area contributed by atoms with Crippen LogP contribution >= 0.6 is 22.6 Å². The van der Waals surface area contributed by atoms with E-state index in [-0.39, 0.29) is 5.78 Å². The molecule has 0 spiro atoms. The molecule has 2 aromatic rings. The van der Waals surface area contributed by atoms with E-state index < -0.39 is 0 Å². The van der Waals surface area contributed by atoms with Gasteiger partial charge < -0.3 is 4.90 Å². The predicted octanol–water partition coefficient (Wildman–Crippen LogP) is 4.18. The molecule has 0 saturated carbocycles. The molecule has 0 unspecified atom stereocenters. The summed E-state index contributed by atoms with van der Waals surface area (Å²) >= 11 is 2.29. The van der Waals surface area contributed by atoms with Crippen LogP contribution in [0, 0.1) is 3.57 Å². The number of nitrogens with zero attached hydrogens (tertiary/aromatic N) is 1. The van der Waals surface area contributed by atoms with Crippen molar-refractivity contribution in [2.24, 2.45) is 0 Å². The molecule has 106 valence electrons. The number of fused-ring (bicyclic) bond motifs is 1. The Morgan fingerprint density at radius 2 is 1.81 bits per heavy atom. The molecular formula is C18H16INO. The lowest BCUT2D eigenvalue weighted by Gasteiger charge is -2.11. The fourth-order valence-electron chi connectivity index (χ4n) is 2.57. The van der Waals surface area contributed by atoms with Crippen molar-refractivity contribution in [1.82, 2.24) is 0 Å². The number of carbonyl (C=O) groups excluding carboxylic acids is 1. The van der Waals surface area contributed by atoms with Gasteiger partial charge in [0.15, 0.2) is 5.78 Å². The van der Waals surface area contributed by atoms with Gasteiger partial charge in [-0.1, -0.05) is 12.1 Å². The van der Waals surface area contributed by atoms with Gasteiger partial charge in [-0.25, -0.2) is 0 Å². The van der Waals surface area contributed by atoms with Gasteiger partial charge in [-0.05, 0) is 70.1 Å². The first-order chi connectivity index (χ1) is 10.0. The summed E-state index contributed by atoms with van der Waals surface area (Å²) in [6.07, 6.45) is 2.75. The van der Waals surface area contributed by atoms with Crippen molar-refractivity contribution in [1.29, 1.82) is 0 Å². The number of anilines is 1. The van der Waals surface area contributed by atoms with Crippen molar-refractivity contribution < 1.29 is 4.79 Å². The third-order valence-corrected chi connectivity index (χ3v) is 4.41. The van der Waals surface area contributed by atoms with Crippen molar-refractivity contribution in [3.8, 4) is 0 Å². The molecule has 0 aromatic heterocycles. The van der Waals surface area contributed by atoms with Crippen LogP contribution in [0.15, 0.2) is 48.0 Å². The van der Waals surface area contributed by atoms with Crippen LogP contribution in [0.2, 0.25) is 0 Å². The summed E-state index contributed by atoms with van der Waals surface area (Å²) in [5.74, 6) is 0.165. The molecule has 0 heterocycles. The van der Waals surface area contributed by atoms with E-state index in [1.165, 1.54) is 3.57 Å². The maximum atomic E-state index is 12.4. The quantitative estimate of drug-likeness (QED) is 0.569. The van der Waals surface area contributed by atoms with E-state index in [0.717, 1.165) is 34.4 Å². The summed E-state index contributed by atoms with van der Waals surface area (Å²) in [5.41, 5.74) is 5.11. The van der Waals surface area contributed by atoms with Gasteiger partial charge in [0.2, 0.25) is 0 Å². The number of hydrogen-bond donors (Lipinski definition) is 0. The molecule has 1 aliphatic rings. The first-order valence-electron chi connectivity index (χ1n) is 6.85. The average molecular weight is 387 g/mol. The summed E-state index contributed by atoms with van der Waals surface area (Å²) in [7, 11) is 4.04. The molecular weight excluding hydrogens is 371 g/mol. The van der Waals surface area contributed by atoms with Gasteiger partial charge in [0.1, 0.15) is 0 Å². The second kappa shape index (κ2) is 5.64. The van der Waals surface area contributed by atoms with E-state index in [2.05, 4.69) is 57.8 Å². The molecule has 0 atom stereocenters. The highest BCUT2D eigenvalue weighted by molar-refractivity contribution is 14.1. The van der Waals surface area contributed by atoms with Crippen molar-refractivity contribution >= 4 is 40.1 Å². The first-order valence-corrected chi connectivity index (χ1v) is 7.93. The van der Waals surface area contributed by atoms with Crippen LogP contribution in [0.25, 0.3) is 6.08 Å². The summed E-state index contributed by atoms with van der Waals surface area (Å²) in [5, 5.41) is 0. The van der Waals surface area contributed by atoms with Crippen LogP contribution in [0.4, 0.5) is 5.69 Å². The molecule has 1 aliphatic carbocycles. The topological polar surface area (TPSA) is 20.3 Å². The number of allylic oxidation sites excluding steroid dienone is 1. The zero-order chi connectivity index (χ0) is 15.0. The zero-order valence-electron chi connectivity index (χ0n) is 12.1. The van der Waals surface area contributed by atoms with E-state index in [4.69, 9.17) is 0 Å². The Morgan fingerprint density at radius 1 is 1.10 bits per heavy atom. The van der Waals surface area contributed by atoms with Gasteiger partial charge in [-0.2, -0.15) is 0 Å². The molecule has 0 aliphatic heterocycles. The molecule has 0 radical (unpaired) electrons. The SMILES string of the molecule is CN(C)c1ccc(/C=C2\Cc3cc([125I])ccc3C2=O)cc1. The number of benzene rings is 2. The lowest BCUT2D eigenvalue weighted by atomic mass is 10.1. The fourth-order valence-corrected chi connectivity index (χ4v) is 3.13. The van der Waals surface area contributed by atoms with Crippen molar-refractivity contribution in [2.75, 3.05) is 19.0 Å². The summed E-state index contributed by atoms with van der Waals surface area (Å²) in [6, 6.07) is 14.3. The van der Waals surface area contributed by atoms with Crippen LogP contribution in [0.5, 0.6) is 0 Å². The van der Waals surface area contributed by atoms with E-state index >= 15 is 0 Å². The Hall–Kier alpha value is -1.62. The van der Waals surface area contributed by atoms with Crippen molar-refractivity contribution in [3.05, 3.63) is 68.3 Å². The normalized spacial score (nSPS) is 15.4. The van der Waals surface area contributed by atoms with Gasteiger partial charge in [0.05, 0.1) is 0 Å². The average Bonchev–Trinajstić information content (AvgIpc) is 2.75. The standard InChI is InChI=1S/C18H16INO/c1-20(2)16-6-3-12(4-7-16)9-14-10-13-11-15(19)5-8-17(13)18(14)21/h3-9,11H,10H2,1-2H3/b14-9+/i19-2. The third-order valence-electron chi connectivity index (χ3n) is 3.73. The van der Waals surface area contributed by atoms with Crippen LogP contribution in [0.3, 0.4) is 0 Å². The van der Waals surface area contributed by atoms with Crippen LogP contribution < -0.4 is 4.90 Å². The maximum Gasteiger partial charge on any atom is 0.189 e. The molecule has 2 aromatic carbocycles. The molecule has 0 saturated heterocycles. The summed E-state index contributed by atoms with van der Waals surface area (Å²) in [6.45, 7) is 0. The molecule has 0 bridgehead atoms. The lowest BCUT2D eigenvalue weighted by Crippen LogP contribution is -2.07. The van der Waals surface area contributed by atoms with Crippen molar-refractivity contribution in [3.63, 3.8) is 0 Å². The Labute approximate surface area is 138 Å². The highest BCUT2D eigenvalue weighted by Gasteiger charge is 2.24. The van der Waals surface area contributed by atoms with Crippen molar-refractivity contribution in [2.45, 2.75) is 6.42 Å². The monoisotopic (exact) mass is 387 g/mol. The minimum Gasteiger partial charge on any atom is -0.378 e. The third kappa shape index (κ3) is 2.88. The maximum absolute atomic E-state index is 12.4. The molecule has 0 fully saturated rings. The van der Waals surface area contributed by atoms with Gasteiger partial charge >= 0.3 is 0 Å². The van der Waals surface area contributed by atoms with Gasteiger partial charge in [-0.3, -0.25) is 4.79 Å². The van der Waals surface area contributed by atoms with Crippen LogP contribution in [-0.4, -0.2) is 19.9 Å². The molecule has 3 heteroatoms. The number of hydrogen-bond acceptors (Lipinski definition) is 2. The second-order valence-electron chi connectivity index (χ2n) is 5.46. The molecule has 2 nitrogen and oxygen atoms in total. The smallest absolute Gasteiger partial charge is 0.189 e. The van der Waals surface area contributed by atoms with Gasteiger partial charge in [0.25, 0.3) is 0 Å². The highest BCUT2D eigenvalue weighted by Crippen LogP contribution is 2.29. The first kappa shape index (κ1) is 14.3. The fraction of sp³-hybridized carbons (Fsp3) is 0.167. The Morgan fingerprint density at radius 3 is 2.48 bits per heavy atom. The zero-order valence-corrected chi connectivity index (χ0v) is 14.2. The van der Waals surface area contributed by atoms with E-state index in [1.807, 2.05) is 32.3 Å². The number of ketones is 1. The minimum atomic E-state index is 0.165. The van der Waals surface area contributed by atoms with Crippen LogP contribution in [0.1, 0.15) is 21.5 Å². The molecule has 3 rings (SSSR count). The Bertz CT molecular complexity index is 729. The largest absolute Gasteiger partial charge is 0.378 e. The highest BCUT2D eigenvalue weighted by atomic mass is 125. The minimum absolute atomic E-state index is 0.165. The molecule has 21 heavy (non-hydrogen) atoms. The van der Waals surface area contributed by atoms with E-state index in [0.29, 0.717) is 0 Å². The number of carbonyl (C=O) groups is 1. The molecule has 0 N–H and O–H groups in total. The van der Waals surface area contributed by atoms with Gasteiger partial charge in [-0.15, -0.1) is 0 Å².